The minimum absolute atomic E-state index is 0.0842. The molecule has 0 bridgehead atoms. The zero-order valence-corrected chi connectivity index (χ0v) is 12.4. The smallest absolute Gasteiger partial charge is 0.224 e. The zero-order valence-electron chi connectivity index (χ0n) is 12.4. The lowest BCUT2D eigenvalue weighted by Crippen LogP contribution is -2.41. The summed E-state index contributed by atoms with van der Waals surface area (Å²) in [5.74, 6) is -0.225. The molecule has 1 aliphatic rings. The molecule has 0 saturated carbocycles. The number of benzene rings is 1. The van der Waals surface area contributed by atoms with Gasteiger partial charge in [0.1, 0.15) is 0 Å². The van der Waals surface area contributed by atoms with E-state index in [-0.39, 0.29) is 17.7 Å². The summed E-state index contributed by atoms with van der Waals surface area (Å²) in [5, 5.41) is 5.41. The highest BCUT2D eigenvalue weighted by Gasteiger charge is 2.25. The van der Waals surface area contributed by atoms with Crippen LogP contribution in [0.25, 0.3) is 10.9 Å². The second-order valence-corrected chi connectivity index (χ2v) is 5.73. The van der Waals surface area contributed by atoms with E-state index < -0.39 is 0 Å². The summed E-state index contributed by atoms with van der Waals surface area (Å²) in [5.41, 5.74) is 6.35. The predicted molar refractivity (Wildman–Crippen MR) is 82.8 cm³/mol. The van der Waals surface area contributed by atoms with Crippen molar-refractivity contribution >= 4 is 22.7 Å². The quantitative estimate of drug-likeness (QED) is 0.919. The number of carbonyl (C=O) groups excluding carboxylic acids is 2. The molecule has 1 aliphatic heterocycles. The minimum atomic E-state index is -0.255. The maximum atomic E-state index is 12.3. The van der Waals surface area contributed by atoms with E-state index in [1.54, 1.807) is 0 Å². The summed E-state index contributed by atoms with van der Waals surface area (Å²) in [7, 11) is 0. The Morgan fingerprint density at radius 2 is 1.95 bits per heavy atom. The van der Waals surface area contributed by atoms with Crippen molar-refractivity contribution in [1.29, 1.82) is 0 Å². The van der Waals surface area contributed by atoms with Crippen LogP contribution in [0.5, 0.6) is 0 Å². The van der Waals surface area contributed by atoms with E-state index in [1.807, 2.05) is 40.0 Å². The van der Waals surface area contributed by atoms with Crippen molar-refractivity contribution in [3.63, 3.8) is 0 Å². The van der Waals surface area contributed by atoms with Crippen LogP contribution in [0, 0.1) is 5.92 Å². The largest absolute Gasteiger partial charge is 0.369 e. The standard InChI is InChI=1S/C16H20N4O2/c17-16(22)12-5-8-19(9-6-12)15(21)7-10-20-14-4-2-1-3-13(14)11-18-20/h1-4,11-12H,5-10H2,(H2,17,22). The number of primary amides is 1. The van der Waals surface area contributed by atoms with Crippen LogP contribution < -0.4 is 5.73 Å². The third-order valence-electron chi connectivity index (χ3n) is 4.34. The summed E-state index contributed by atoms with van der Waals surface area (Å²) in [6, 6.07) is 7.96. The van der Waals surface area contributed by atoms with Crippen LogP contribution in [0.3, 0.4) is 0 Å². The van der Waals surface area contributed by atoms with E-state index in [0.717, 1.165) is 10.9 Å². The highest BCUT2D eigenvalue weighted by atomic mass is 16.2. The van der Waals surface area contributed by atoms with Crippen molar-refractivity contribution in [1.82, 2.24) is 14.7 Å². The molecule has 0 atom stereocenters. The Morgan fingerprint density at radius 1 is 1.23 bits per heavy atom. The molecule has 2 amide bonds. The van der Waals surface area contributed by atoms with E-state index in [2.05, 4.69) is 5.10 Å². The van der Waals surface area contributed by atoms with Gasteiger partial charge >= 0.3 is 0 Å². The fraction of sp³-hybridized carbons (Fsp3) is 0.438. The Labute approximate surface area is 128 Å². The minimum Gasteiger partial charge on any atom is -0.369 e. The van der Waals surface area contributed by atoms with Gasteiger partial charge < -0.3 is 10.6 Å². The number of nitrogens with zero attached hydrogens (tertiary/aromatic N) is 3. The van der Waals surface area contributed by atoms with Crippen molar-refractivity contribution in [2.24, 2.45) is 11.7 Å². The number of piperidine rings is 1. The number of para-hydroxylation sites is 1. The molecule has 0 spiro atoms. The van der Waals surface area contributed by atoms with Gasteiger partial charge in [-0.15, -0.1) is 0 Å². The molecule has 2 aromatic rings. The number of aromatic nitrogens is 2. The van der Waals surface area contributed by atoms with E-state index in [0.29, 0.717) is 38.9 Å². The highest BCUT2D eigenvalue weighted by Crippen LogP contribution is 2.18. The molecule has 0 radical (unpaired) electrons. The van der Waals surface area contributed by atoms with Gasteiger partial charge in [0.15, 0.2) is 0 Å². The van der Waals surface area contributed by atoms with Gasteiger partial charge in [-0.2, -0.15) is 5.10 Å². The lowest BCUT2D eigenvalue weighted by Gasteiger charge is -2.30. The monoisotopic (exact) mass is 300 g/mol. The normalized spacial score (nSPS) is 16.1. The van der Waals surface area contributed by atoms with E-state index in [9.17, 15) is 9.59 Å². The van der Waals surface area contributed by atoms with Gasteiger partial charge in [0.05, 0.1) is 18.3 Å². The number of likely N-dealkylation sites (tertiary alicyclic amines) is 1. The lowest BCUT2D eigenvalue weighted by atomic mass is 9.96. The third-order valence-corrected chi connectivity index (χ3v) is 4.34. The number of fused-ring (bicyclic) bond motifs is 1. The van der Waals surface area contributed by atoms with Crippen LogP contribution in [0.1, 0.15) is 19.3 Å². The predicted octanol–water partition coefficient (Wildman–Crippen LogP) is 1.15. The van der Waals surface area contributed by atoms with Gasteiger partial charge in [-0.05, 0) is 18.9 Å². The molecule has 0 aliphatic carbocycles. The molecular formula is C16H20N4O2. The molecule has 2 heterocycles. The topological polar surface area (TPSA) is 81.2 Å². The molecule has 1 aromatic heterocycles. The Bertz CT molecular complexity index is 686. The van der Waals surface area contributed by atoms with Crippen LogP contribution in [-0.4, -0.2) is 39.6 Å². The Balaban J connectivity index is 1.56. The van der Waals surface area contributed by atoms with Crippen LogP contribution in [-0.2, 0) is 16.1 Å². The summed E-state index contributed by atoms with van der Waals surface area (Å²) in [6.45, 7) is 1.81. The SMILES string of the molecule is NC(=O)C1CCN(C(=O)CCn2ncc3ccccc32)CC1. The molecule has 116 valence electrons. The number of nitrogens with two attached hydrogens (primary N) is 1. The molecule has 6 heteroatoms. The Kier molecular flexibility index (Phi) is 4.09. The molecule has 1 fully saturated rings. The maximum absolute atomic E-state index is 12.3. The number of hydrogen-bond acceptors (Lipinski definition) is 3. The Morgan fingerprint density at radius 3 is 2.68 bits per heavy atom. The molecule has 1 saturated heterocycles. The molecule has 2 N–H and O–H groups in total. The van der Waals surface area contributed by atoms with Crippen LogP contribution in [0.15, 0.2) is 30.5 Å². The molecule has 0 unspecified atom stereocenters. The van der Waals surface area contributed by atoms with Gasteiger partial charge in [-0.3, -0.25) is 14.3 Å². The number of carbonyl (C=O) groups is 2. The Hall–Kier alpha value is -2.37. The number of amides is 2. The van der Waals surface area contributed by atoms with Gasteiger partial charge in [0.2, 0.25) is 11.8 Å². The van der Waals surface area contributed by atoms with Crippen molar-refractivity contribution < 1.29 is 9.59 Å². The maximum Gasteiger partial charge on any atom is 0.224 e. The fourth-order valence-electron chi connectivity index (χ4n) is 2.98. The molecule has 3 rings (SSSR count). The lowest BCUT2D eigenvalue weighted by molar-refractivity contribution is -0.135. The summed E-state index contributed by atoms with van der Waals surface area (Å²) < 4.78 is 1.86. The fourth-order valence-corrected chi connectivity index (χ4v) is 2.98. The van der Waals surface area contributed by atoms with Gasteiger partial charge in [-0.25, -0.2) is 0 Å². The van der Waals surface area contributed by atoms with Crippen molar-refractivity contribution in [2.75, 3.05) is 13.1 Å². The van der Waals surface area contributed by atoms with Gasteiger partial charge in [0.25, 0.3) is 0 Å². The average Bonchev–Trinajstić information content (AvgIpc) is 2.96. The number of aryl methyl sites for hydroxylation is 1. The number of rotatable bonds is 4. The van der Waals surface area contributed by atoms with E-state index >= 15 is 0 Å². The van der Waals surface area contributed by atoms with E-state index in [4.69, 9.17) is 5.73 Å². The molecular weight excluding hydrogens is 280 g/mol. The first-order valence-electron chi connectivity index (χ1n) is 7.63. The first-order valence-corrected chi connectivity index (χ1v) is 7.63. The van der Waals surface area contributed by atoms with Gasteiger partial charge in [0, 0.05) is 30.8 Å². The van der Waals surface area contributed by atoms with Crippen LogP contribution >= 0.6 is 0 Å². The first-order chi connectivity index (χ1) is 10.6. The third kappa shape index (κ3) is 2.95. The van der Waals surface area contributed by atoms with Crippen molar-refractivity contribution in [3.05, 3.63) is 30.5 Å². The average molecular weight is 300 g/mol. The second-order valence-electron chi connectivity index (χ2n) is 5.73. The zero-order chi connectivity index (χ0) is 15.5. The highest BCUT2D eigenvalue weighted by molar-refractivity contribution is 5.80. The van der Waals surface area contributed by atoms with Crippen molar-refractivity contribution in [2.45, 2.75) is 25.8 Å². The first kappa shape index (κ1) is 14.6. The van der Waals surface area contributed by atoms with Gasteiger partial charge in [-0.1, -0.05) is 18.2 Å². The van der Waals surface area contributed by atoms with Crippen LogP contribution in [0.2, 0.25) is 0 Å². The molecule has 6 nitrogen and oxygen atoms in total. The summed E-state index contributed by atoms with van der Waals surface area (Å²) >= 11 is 0. The van der Waals surface area contributed by atoms with Crippen LogP contribution in [0.4, 0.5) is 0 Å². The summed E-state index contributed by atoms with van der Waals surface area (Å²) in [4.78, 5) is 25.2. The molecule has 22 heavy (non-hydrogen) atoms. The van der Waals surface area contributed by atoms with E-state index in [1.165, 1.54) is 0 Å². The van der Waals surface area contributed by atoms with Crippen molar-refractivity contribution in [3.8, 4) is 0 Å². The second kappa shape index (κ2) is 6.17. The number of hydrogen-bond donors (Lipinski definition) is 1. The summed E-state index contributed by atoms with van der Waals surface area (Å²) in [6.07, 6.45) is 3.59. The molecule has 1 aromatic carbocycles.